The van der Waals surface area contributed by atoms with E-state index in [1.54, 1.807) is 19.2 Å². The molecule has 0 bridgehead atoms. The van der Waals surface area contributed by atoms with Crippen molar-refractivity contribution in [1.29, 1.82) is 0 Å². The predicted octanol–water partition coefficient (Wildman–Crippen LogP) is 1.90. The highest BCUT2D eigenvalue weighted by Gasteiger charge is 2.20. The fraction of sp³-hybridized carbons (Fsp3) is 0.316. The van der Waals surface area contributed by atoms with Crippen molar-refractivity contribution in [2.45, 2.75) is 18.1 Å². The van der Waals surface area contributed by atoms with Crippen molar-refractivity contribution >= 4 is 33.3 Å². The van der Waals surface area contributed by atoms with Crippen molar-refractivity contribution in [1.82, 2.24) is 8.87 Å². The smallest absolute Gasteiger partial charge is 0.274 e. The van der Waals surface area contributed by atoms with Crippen LogP contribution in [0.2, 0.25) is 0 Å². The van der Waals surface area contributed by atoms with Crippen LogP contribution in [0.1, 0.15) is 5.56 Å². The number of methoxy groups -OCH3 is 1. The first-order valence-electron chi connectivity index (χ1n) is 8.72. The molecule has 0 spiro atoms. The number of nitrogens with zero attached hydrogens (tertiary/aromatic N) is 2. The molecule has 9 heteroatoms. The van der Waals surface area contributed by atoms with Crippen LogP contribution < -0.4 is 9.64 Å². The number of fused-ring (bicyclic) bond motifs is 1. The van der Waals surface area contributed by atoms with E-state index in [1.807, 2.05) is 35.9 Å². The van der Waals surface area contributed by atoms with E-state index < -0.39 is 10.0 Å². The Hall–Kier alpha value is -2.20. The van der Waals surface area contributed by atoms with E-state index in [9.17, 15) is 8.42 Å². The van der Waals surface area contributed by atoms with Crippen molar-refractivity contribution in [2.75, 3.05) is 28.3 Å². The predicted molar refractivity (Wildman–Crippen MR) is 109 cm³/mol. The van der Waals surface area contributed by atoms with Gasteiger partial charge in [0.25, 0.3) is 4.84 Å². The summed E-state index contributed by atoms with van der Waals surface area (Å²) in [5.74, 6) is 0.819. The maximum atomic E-state index is 12.5. The molecule has 150 valence electrons. The summed E-state index contributed by atoms with van der Waals surface area (Å²) in [4.78, 5) is 1.70. The van der Waals surface area contributed by atoms with Crippen LogP contribution in [0, 0.1) is 4.84 Å². The summed E-state index contributed by atoms with van der Waals surface area (Å²) >= 11 is 5.36. The Morgan fingerprint density at radius 3 is 2.46 bits per heavy atom. The largest absolute Gasteiger partial charge is 0.497 e. The molecule has 28 heavy (non-hydrogen) atoms. The molecule has 3 rings (SSSR count). The number of benzene rings is 2. The van der Waals surface area contributed by atoms with Gasteiger partial charge >= 0.3 is 0 Å². The van der Waals surface area contributed by atoms with Crippen LogP contribution in [-0.2, 0) is 23.2 Å². The number of ether oxygens (including phenoxy) is 1. The standard InChI is InChI=1S/C19H23N3O4S2/c1-20(2)28(23,24)16-9-10-18-17(11-16)22(19(27)26-18)13-21(3)12-14-5-7-15(25-4)8-6-14/h5-11H,12-13H2,1-4H3/p+1. The van der Waals surface area contributed by atoms with Crippen molar-refractivity contribution in [3.05, 3.63) is 52.9 Å². The monoisotopic (exact) mass is 422 g/mol. The van der Waals surface area contributed by atoms with Gasteiger partial charge in [-0.25, -0.2) is 12.7 Å². The van der Waals surface area contributed by atoms with E-state index in [4.69, 9.17) is 21.4 Å². The quantitative estimate of drug-likeness (QED) is 0.589. The molecule has 2 aromatic carbocycles. The summed E-state index contributed by atoms with van der Waals surface area (Å²) < 4.78 is 38.8. The van der Waals surface area contributed by atoms with E-state index in [0.29, 0.717) is 22.6 Å². The summed E-state index contributed by atoms with van der Waals surface area (Å²) in [7, 11) is 3.17. The topological polar surface area (TPSA) is 69.1 Å². The summed E-state index contributed by atoms with van der Waals surface area (Å²) in [6, 6.07) is 12.7. The molecule has 3 aromatic rings. The highest BCUT2D eigenvalue weighted by atomic mass is 32.2. The minimum absolute atomic E-state index is 0.211. The minimum atomic E-state index is -3.53. The van der Waals surface area contributed by atoms with Crippen molar-refractivity contribution in [2.24, 2.45) is 0 Å². The number of sulfonamides is 1. The first kappa shape index (κ1) is 20.5. The number of quaternary nitrogens is 1. The molecule has 1 N–H and O–H groups in total. The molecule has 0 amide bonds. The van der Waals surface area contributed by atoms with Crippen molar-refractivity contribution < 1.29 is 22.5 Å². The first-order valence-corrected chi connectivity index (χ1v) is 10.6. The normalized spacial score (nSPS) is 13.2. The zero-order chi connectivity index (χ0) is 20.5. The molecule has 0 saturated carbocycles. The Morgan fingerprint density at radius 1 is 1.18 bits per heavy atom. The van der Waals surface area contributed by atoms with Gasteiger partial charge in [0.1, 0.15) is 12.3 Å². The lowest BCUT2D eigenvalue weighted by molar-refractivity contribution is -0.916. The fourth-order valence-corrected chi connectivity index (χ4v) is 4.16. The molecule has 1 aromatic heterocycles. The van der Waals surface area contributed by atoms with Crippen LogP contribution in [0.25, 0.3) is 11.1 Å². The third kappa shape index (κ3) is 4.12. The second-order valence-electron chi connectivity index (χ2n) is 6.85. The summed E-state index contributed by atoms with van der Waals surface area (Å²) in [6.07, 6.45) is 0. The highest BCUT2D eigenvalue weighted by Crippen LogP contribution is 2.22. The molecule has 7 nitrogen and oxygen atoms in total. The third-order valence-corrected chi connectivity index (χ3v) is 6.63. The molecular weight excluding hydrogens is 398 g/mol. The fourth-order valence-electron chi connectivity index (χ4n) is 2.98. The Kier molecular flexibility index (Phi) is 5.90. The summed E-state index contributed by atoms with van der Waals surface area (Å²) in [5, 5.41) is 0. The minimum Gasteiger partial charge on any atom is -0.497 e. The van der Waals surface area contributed by atoms with Crippen molar-refractivity contribution in [3.8, 4) is 5.75 Å². The molecule has 0 fully saturated rings. The van der Waals surface area contributed by atoms with Gasteiger partial charge in [-0.2, -0.15) is 0 Å². The molecule has 1 atom stereocenters. The Morgan fingerprint density at radius 2 is 1.86 bits per heavy atom. The number of hydrogen-bond acceptors (Lipinski definition) is 5. The lowest BCUT2D eigenvalue weighted by Gasteiger charge is -2.15. The van der Waals surface area contributed by atoms with Gasteiger partial charge in [-0.1, -0.05) is 0 Å². The van der Waals surface area contributed by atoms with Crippen LogP contribution in [0.5, 0.6) is 5.75 Å². The molecule has 0 aliphatic carbocycles. The average molecular weight is 423 g/mol. The van der Waals surface area contributed by atoms with E-state index in [0.717, 1.165) is 17.9 Å². The van der Waals surface area contributed by atoms with Gasteiger partial charge in [-0.05, 0) is 54.7 Å². The molecule has 0 saturated heterocycles. The van der Waals surface area contributed by atoms with Gasteiger partial charge < -0.3 is 14.1 Å². The number of hydrogen-bond donors (Lipinski definition) is 1. The first-order chi connectivity index (χ1) is 13.2. The Balaban J connectivity index is 1.89. The van der Waals surface area contributed by atoms with Crippen LogP contribution in [0.4, 0.5) is 0 Å². The van der Waals surface area contributed by atoms with Crippen molar-refractivity contribution in [3.63, 3.8) is 0 Å². The van der Waals surface area contributed by atoms with Gasteiger partial charge in [-0.15, -0.1) is 0 Å². The van der Waals surface area contributed by atoms with Gasteiger partial charge in [0.2, 0.25) is 10.0 Å². The van der Waals surface area contributed by atoms with Crippen LogP contribution in [-0.4, -0.2) is 45.5 Å². The number of aromatic nitrogens is 1. The number of rotatable bonds is 7. The summed E-state index contributed by atoms with van der Waals surface area (Å²) in [5.41, 5.74) is 2.40. The van der Waals surface area contributed by atoms with E-state index in [-0.39, 0.29) is 4.90 Å². The molecular formula is C19H24N3O4S2+. The molecule has 1 heterocycles. The van der Waals surface area contributed by atoms with Gasteiger partial charge in [0, 0.05) is 19.7 Å². The van der Waals surface area contributed by atoms with Crippen LogP contribution in [0.15, 0.2) is 51.8 Å². The third-order valence-electron chi connectivity index (χ3n) is 4.51. The Labute approximate surface area is 169 Å². The summed E-state index contributed by atoms with van der Waals surface area (Å²) in [6.45, 7) is 1.32. The van der Waals surface area contributed by atoms with Gasteiger partial charge in [0.15, 0.2) is 12.3 Å². The van der Waals surface area contributed by atoms with E-state index >= 15 is 0 Å². The highest BCUT2D eigenvalue weighted by molar-refractivity contribution is 7.89. The number of oxazole rings is 1. The maximum absolute atomic E-state index is 12.5. The van der Waals surface area contributed by atoms with E-state index in [2.05, 4.69) is 0 Å². The lowest BCUT2D eigenvalue weighted by atomic mass is 10.2. The molecule has 0 aliphatic rings. The van der Waals surface area contributed by atoms with Gasteiger partial charge in [0.05, 0.1) is 24.6 Å². The van der Waals surface area contributed by atoms with Gasteiger partial charge in [-0.3, -0.25) is 4.57 Å². The van der Waals surface area contributed by atoms with Crippen LogP contribution >= 0.6 is 12.2 Å². The number of nitrogens with one attached hydrogen (secondary N) is 1. The lowest BCUT2D eigenvalue weighted by Crippen LogP contribution is -3.06. The second kappa shape index (κ2) is 8.04. The maximum Gasteiger partial charge on any atom is 0.274 e. The second-order valence-corrected chi connectivity index (χ2v) is 9.35. The molecule has 0 radical (unpaired) electrons. The molecule has 1 unspecified atom stereocenters. The average Bonchev–Trinajstić information content (AvgIpc) is 2.97. The zero-order valence-corrected chi connectivity index (χ0v) is 17.9. The zero-order valence-electron chi connectivity index (χ0n) is 16.3. The van der Waals surface area contributed by atoms with E-state index in [1.165, 1.54) is 29.4 Å². The molecule has 0 aliphatic heterocycles. The Bertz CT molecular complexity index is 1130. The SMILES string of the molecule is COc1ccc(C[NH+](C)Cn2c(=S)oc3ccc(S(=O)(=O)N(C)C)cc32)cc1. The van der Waals surface area contributed by atoms with Crippen LogP contribution in [0.3, 0.4) is 0 Å².